The Hall–Kier alpha value is 0.0900. The van der Waals surface area contributed by atoms with Gasteiger partial charge in [-0.2, -0.15) is 25.3 Å². The van der Waals surface area contributed by atoms with Gasteiger partial charge >= 0.3 is 5.97 Å². The van der Waals surface area contributed by atoms with Crippen LogP contribution in [-0.2, 0) is 14.3 Å². The Morgan fingerprint density at radius 2 is 1.75 bits per heavy atom. The zero-order valence-corrected chi connectivity index (χ0v) is 17.5. The molecule has 0 fully saturated rings. The molecule has 1 unspecified atom stereocenters. The summed E-state index contributed by atoms with van der Waals surface area (Å²) in [5, 5.41) is 9.36. The molecule has 4 nitrogen and oxygen atoms in total. The predicted octanol–water partition coefficient (Wildman–Crippen LogP) is 4.05. The van der Waals surface area contributed by atoms with Crippen molar-refractivity contribution in [3.63, 3.8) is 0 Å². The van der Waals surface area contributed by atoms with Crippen LogP contribution in [0, 0.1) is 0 Å². The van der Waals surface area contributed by atoms with Crippen LogP contribution in [0.25, 0.3) is 0 Å². The van der Waals surface area contributed by atoms with E-state index in [0.29, 0.717) is 31.1 Å². The Morgan fingerprint density at radius 1 is 1.08 bits per heavy atom. The number of hydrogen-bond donors (Lipinski definition) is 3. The number of esters is 1. The van der Waals surface area contributed by atoms with Crippen molar-refractivity contribution in [1.29, 1.82) is 0 Å². The molecule has 0 aromatic rings. The van der Waals surface area contributed by atoms with E-state index in [1.54, 1.807) is 0 Å². The summed E-state index contributed by atoms with van der Waals surface area (Å²) >= 11 is 8.68. The SMILES string of the molecule is CC(C)(CCO)OCCC(C)(C)OC(=O)CCCCC(S)CCS. The molecule has 6 heteroatoms. The fourth-order valence-electron chi connectivity index (χ4n) is 2.27. The number of unbranched alkanes of at least 4 members (excludes halogenated alkanes) is 1. The van der Waals surface area contributed by atoms with E-state index in [4.69, 9.17) is 14.6 Å². The van der Waals surface area contributed by atoms with E-state index in [0.717, 1.165) is 31.4 Å². The normalized spacial score (nSPS) is 13.8. The first-order chi connectivity index (χ1) is 11.1. The number of carbonyl (C=O) groups is 1. The highest BCUT2D eigenvalue weighted by Crippen LogP contribution is 2.20. The van der Waals surface area contributed by atoms with Crippen molar-refractivity contribution in [1.82, 2.24) is 0 Å². The molecule has 0 saturated heterocycles. The van der Waals surface area contributed by atoms with Gasteiger partial charge in [0, 0.05) is 24.7 Å². The smallest absolute Gasteiger partial charge is 0.306 e. The molecule has 0 radical (unpaired) electrons. The summed E-state index contributed by atoms with van der Waals surface area (Å²) < 4.78 is 11.3. The minimum atomic E-state index is -0.537. The van der Waals surface area contributed by atoms with Crippen LogP contribution in [-0.4, -0.2) is 46.5 Å². The van der Waals surface area contributed by atoms with Crippen molar-refractivity contribution in [3.8, 4) is 0 Å². The highest BCUT2D eigenvalue weighted by atomic mass is 32.1. The third-order valence-electron chi connectivity index (χ3n) is 3.93. The van der Waals surface area contributed by atoms with Crippen LogP contribution in [0.1, 0.15) is 72.6 Å². The van der Waals surface area contributed by atoms with Crippen LogP contribution < -0.4 is 0 Å². The lowest BCUT2D eigenvalue weighted by molar-refractivity contribution is -0.159. The minimum Gasteiger partial charge on any atom is -0.460 e. The second kappa shape index (κ2) is 12.4. The van der Waals surface area contributed by atoms with Gasteiger partial charge in [-0.25, -0.2) is 0 Å². The maximum atomic E-state index is 12.0. The van der Waals surface area contributed by atoms with Gasteiger partial charge in [0.1, 0.15) is 5.60 Å². The molecule has 0 aromatic heterocycles. The van der Waals surface area contributed by atoms with Gasteiger partial charge in [-0.15, -0.1) is 0 Å². The van der Waals surface area contributed by atoms with Gasteiger partial charge in [-0.3, -0.25) is 4.79 Å². The van der Waals surface area contributed by atoms with Crippen molar-refractivity contribution in [2.24, 2.45) is 0 Å². The number of aliphatic hydroxyl groups excluding tert-OH is 1. The lowest BCUT2D eigenvalue weighted by Gasteiger charge is -2.29. The van der Waals surface area contributed by atoms with Crippen molar-refractivity contribution < 1.29 is 19.4 Å². The first-order valence-corrected chi connectivity index (χ1v) is 10.0. The second-order valence-electron chi connectivity index (χ2n) is 7.48. The summed E-state index contributed by atoms with van der Waals surface area (Å²) in [6.45, 7) is 8.31. The Morgan fingerprint density at radius 3 is 2.33 bits per heavy atom. The molecule has 1 N–H and O–H groups in total. The lowest BCUT2D eigenvalue weighted by Crippen LogP contribution is -2.33. The quantitative estimate of drug-likeness (QED) is 0.242. The van der Waals surface area contributed by atoms with Gasteiger partial charge in [0.05, 0.1) is 12.2 Å². The molecule has 24 heavy (non-hydrogen) atoms. The molecule has 0 rings (SSSR count). The summed E-state index contributed by atoms with van der Waals surface area (Å²) in [7, 11) is 0. The number of aliphatic hydroxyl groups is 1. The summed E-state index contributed by atoms with van der Waals surface area (Å²) in [6.07, 6.45) is 5.49. The molecule has 0 spiro atoms. The van der Waals surface area contributed by atoms with Crippen molar-refractivity contribution in [2.75, 3.05) is 19.0 Å². The van der Waals surface area contributed by atoms with Crippen LogP contribution in [0.15, 0.2) is 0 Å². The maximum Gasteiger partial charge on any atom is 0.306 e. The molecule has 0 aliphatic heterocycles. The zero-order chi connectivity index (χ0) is 18.6. The number of carbonyl (C=O) groups excluding carboxylic acids is 1. The lowest BCUT2D eigenvalue weighted by atomic mass is 10.0. The van der Waals surface area contributed by atoms with Crippen LogP contribution in [0.2, 0.25) is 0 Å². The van der Waals surface area contributed by atoms with E-state index in [1.165, 1.54) is 0 Å². The van der Waals surface area contributed by atoms with Crippen LogP contribution in [0.5, 0.6) is 0 Å². The molecule has 0 aromatic carbocycles. The highest BCUT2D eigenvalue weighted by molar-refractivity contribution is 7.81. The largest absolute Gasteiger partial charge is 0.460 e. The van der Waals surface area contributed by atoms with Crippen LogP contribution in [0.4, 0.5) is 0 Å². The van der Waals surface area contributed by atoms with Gasteiger partial charge in [0.2, 0.25) is 0 Å². The fraction of sp³-hybridized carbons (Fsp3) is 0.944. The molecular weight excluding hydrogens is 344 g/mol. The van der Waals surface area contributed by atoms with E-state index < -0.39 is 5.60 Å². The summed E-state index contributed by atoms with van der Waals surface area (Å²) in [6, 6.07) is 0. The summed E-state index contributed by atoms with van der Waals surface area (Å²) in [5.74, 6) is 0.696. The van der Waals surface area contributed by atoms with Gasteiger partial charge in [-0.1, -0.05) is 6.42 Å². The molecule has 0 heterocycles. The maximum absolute atomic E-state index is 12.0. The van der Waals surface area contributed by atoms with E-state index >= 15 is 0 Å². The zero-order valence-electron chi connectivity index (χ0n) is 15.7. The average molecular weight is 381 g/mol. The topological polar surface area (TPSA) is 55.8 Å². The van der Waals surface area contributed by atoms with Crippen molar-refractivity contribution in [2.45, 2.75) is 89.1 Å². The van der Waals surface area contributed by atoms with Crippen molar-refractivity contribution in [3.05, 3.63) is 0 Å². The van der Waals surface area contributed by atoms with Gasteiger partial charge in [-0.05, 0) is 59.1 Å². The molecule has 0 aliphatic rings. The molecule has 1 atom stereocenters. The molecule has 0 amide bonds. The first kappa shape index (κ1) is 24.1. The number of hydrogen-bond acceptors (Lipinski definition) is 6. The standard InChI is InChI=1S/C18H36O4S2/c1-17(2,10-12-19)21-13-11-18(3,4)22-16(20)8-6-5-7-15(24)9-14-23/h15,19,23-24H,5-14H2,1-4H3. The van der Waals surface area contributed by atoms with Gasteiger partial charge < -0.3 is 14.6 Å². The molecule has 0 saturated carbocycles. The number of ether oxygens (including phenoxy) is 2. The Kier molecular flexibility index (Phi) is 12.5. The fourth-order valence-corrected chi connectivity index (χ4v) is 3.09. The molecule has 0 bridgehead atoms. The molecule has 144 valence electrons. The summed E-state index contributed by atoms with van der Waals surface area (Å²) in [4.78, 5) is 12.0. The third-order valence-corrected chi connectivity index (χ3v) is 4.71. The van der Waals surface area contributed by atoms with E-state index in [1.807, 2.05) is 27.7 Å². The monoisotopic (exact) mass is 380 g/mol. The average Bonchev–Trinajstić information content (AvgIpc) is 2.42. The second-order valence-corrected chi connectivity index (χ2v) is 8.65. The highest BCUT2D eigenvalue weighted by Gasteiger charge is 2.25. The number of thiol groups is 2. The van der Waals surface area contributed by atoms with Crippen LogP contribution >= 0.6 is 25.3 Å². The molecule has 0 aliphatic carbocycles. The van der Waals surface area contributed by atoms with Gasteiger partial charge in [0.15, 0.2) is 0 Å². The van der Waals surface area contributed by atoms with Gasteiger partial charge in [0.25, 0.3) is 0 Å². The van der Waals surface area contributed by atoms with E-state index in [2.05, 4.69) is 25.3 Å². The third kappa shape index (κ3) is 13.4. The van der Waals surface area contributed by atoms with E-state index in [-0.39, 0.29) is 18.2 Å². The Bertz CT molecular complexity index is 346. The van der Waals surface area contributed by atoms with Crippen LogP contribution in [0.3, 0.4) is 0 Å². The van der Waals surface area contributed by atoms with Crippen molar-refractivity contribution >= 4 is 31.2 Å². The predicted molar refractivity (Wildman–Crippen MR) is 106 cm³/mol. The first-order valence-electron chi connectivity index (χ1n) is 8.87. The Labute approximate surface area is 158 Å². The van der Waals surface area contributed by atoms with E-state index in [9.17, 15) is 4.79 Å². The minimum absolute atomic E-state index is 0.104. The molecular formula is C18H36O4S2. The summed E-state index contributed by atoms with van der Waals surface area (Å²) in [5.41, 5.74) is -0.893. The Balaban J connectivity index is 3.93. The number of rotatable bonds is 14.